The summed E-state index contributed by atoms with van der Waals surface area (Å²) in [5, 5.41) is 9.16. The number of nitrogens with one attached hydrogen (secondary N) is 2. The van der Waals surface area contributed by atoms with Gasteiger partial charge in [0.2, 0.25) is 0 Å². The summed E-state index contributed by atoms with van der Waals surface area (Å²) < 4.78 is 1.18. The maximum absolute atomic E-state index is 3.54. The zero-order valence-corrected chi connectivity index (χ0v) is 13.1. The van der Waals surface area contributed by atoms with E-state index in [0.717, 1.165) is 19.6 Å². The predicted molar refractivity (Wildman–Crippen MR) is 85.8 cm³/mol. The summed E-state index contributed by atoms with van der Waals surface area (Å²) in [6.45, 7) is 2.99. The average molecular weight is 337 g/mol. The molecule has 0 atom stereocenters. The van der Waals surface area contributed by atoms with E-state index in [2.05, 4.69) is 56.2 Å². The molecule has 0 bridgehead atoms. The molecule has 2 heterocycles. The van der Waals surface area contributed by atoms with E-state index in [9.17, 15) is 0 Å². The van der Waals surface area contributed by atoms with Crippen LogP contribution in [0.3, 0.4) is 0 Å². The van der Waals surface area contributed by atoms with E-state index in [0.29, 0.717) is 0 Å². The Morgan fingerprint density at radius 2 is 2.26 bits per heavy atom. The van der Waals surface area contributed by atoms with E-state index in [4.69, 9.17) is 0 Å². The molecule has 100 valence electrons. The zero-order valence-electron chi connectivity index (χ0n) is 10.7. The van der Waals surface area contributed by atoms with Crippen LogP contribution >= 0.6 is 27.3 Å². The minimum absolute atomic E-state index is 0.938. The normalized spacial score (nSPS) is 13.9. The third-order valence-corrected chi connectivity index (χ3v) is 5.13. The molecule has 1 aromatic carbocycles. The summed E-state index contributed by atoms with van der Waals surface area (Å²) in [5.74, 6) is 0. The second-order valence-corrected chi connectivity index (χ2v) is 6.72. The fourth-order valence-corrected chi connectivity index (χ4v) is 3.94. The molecule has 1 aliphatic rings. The highest BCUT2D eigenvalue weighted by molar-refractivity contribution is 9.10. The van der Waals surface area contributed by atoms with E-state index in [1.165, 1.54) is 39.0 Å². The van der Waals surface area contributed by atoms with Crippen molar-refractivity contribution in [2.24, 2.45) is 0 Å². The number of hydrogen-bond donors (Lipinski definition) is 2. The molecule has 0 aliphatic carbocycles. The molecule has 0 spiro atoms. The summed E-state index contributed by atoms with van der Waals surface area (Å²) in [6, 6.07) is 8.76. The highest BCUT2D eigenvalue weighted by Gasteiger charge is 2.11. The summed E-state index contributed by atoms with van der Waals surface area (Å²) in [4.78, 5) is 1.37. The van der Waals surface area contributed by atoms with Gasteiger partial charge in [0.15, 0.2) is 0 Å². The van der Waals surface area contributed by atoms with Crippen molar-refractivity contribution < 1.29 is 0 Å². The number of halogens is 1. The number of anilines is 1. The monoisotopic (exact) mass is 336 g/mol. The molecule has 0 saturated carbocycles. The molecule has 0 unspecified atom stereocenters. The Kier molecular flexibility index (Phi) is 4.21. The van der Waals surface area contributed by atoms with E-state index in [1.807, 2.05) is 0 Å². The molecule has 1 aromatic heterocycles. The minimum Gasteiger partial charge on any atom is -0.385 e. The van der Waals surface area contributed by atoms with Crippen molar-refractivity contribution in [1.82, 2.24) is 5.32 Å². The molecule has 0 amide bonds. The van der Waals surface area contributed by atoms with Gasteiger partial charge >= 0.3 is 0 Å². The Hall–Kier alpha value is -0.840. The fourth-order valence-electron chi connectivity index (χ4n) is 2.52. The van der Waals surface area contributed by atoms with Crippen LogP contribution in [0.15, 0.2) is 34.1 Å². The standard InChI is InChI=1S/C15H17BrN2S/c16-12-7-13(19-10-12)9-17-8-11-3-1-5-15-14(11)4-2-6-18-15/h1,3,5,7,10,17-18H,2,4,6,8-9H2. The van der Waals surface area contributed by atoms with Gasteiger partial charge in [-0.05, 0) is 52.0 Å². The van der Waals surface area contributed by atoms with Gasteiger partial charge in [-0.15, -0.1) is 11.3 Å². The predicted octanol–water partition coefficient (Wildman–Crippen LogP) is 4.16. The van der Waals surface area contributed by atoms with Gasteiger partial charge in [0.1, 0.15) is 0 Å². The van der Waals surface area contributed by atoms with Gasteiger partial charge in [0, 0.05) is 40.1 Å². The van der Waals surface area contributed by atoms with Crippen LogP contribution in [-0.2, 0) is 19.5 Å². The molecule has 2 N–H and O–H groups in total. The number of fused-ring (bicyclic) bond motifs is 1. The van der Waals surface area contributed by atoms with Crippen LogP contribution in [-0.4, -0.2) is 6.54 Å². The van der Waals surface area contributed by atoms with Gasteiger partial charge in [0.05, 0.1) is 0 Å². The molecule has 0 saturated heterocycles. The lowest BCUT2D eigenvalue weighted by Crippen LogP contribution is -2.17. The number of hydrogen-bond acceptors (Lipinski definition) is 3. The molecule has 19 heavy (non-hydrogen) atoms. The molecule has 4 heteroatoms. The fraction of sp³-hybridized carbons (Fsp3) is 0.333. The summed E-state index contributed by atoms with van der Waals surface area (Å²) in [5.41, 5.74) is 4.25. The smallest absolute Gasteiger partial charge is 0.0375 e. The summed E-state index contributed by atoms with van der Waals surface area (Å²) in [7, 11) is 0. The molecule has 2 aromatic rings. The van der Waals surface area contributed by atoms with Crippen LogP contribution in [0.2, 0.25) is 0 Å². The van der Waals surface area contributed by atoms with Crippen molar-refractivity contribution in [3.05, 3.63) is 50.1 Å². The zero-order chi connectivity index (χ0) is 13.1. The van der Waals surface area contributed by atoms with Crippen molar-refractivity contribution in [3.8, 4) is 0 Å². The molecule has 0 radical (unpaired) electrons. The van der Waals surface area contributed by atoms with Crippen LogP contribution in [0.4, 0.5) is 5.69 Å². The largest absolute Gasteiger partial charge is 0.385 e. The first-order chi connectivity index (χ1) is 9.33. The number of rotatable bonds is 4. The first-order valence-electron chi connectivity index (χ1n) is 6.61. The van der Waals surface area contributed by atoms with Crippen LogP contribution in [0.5, 0.6) is 0 Å². The van der Waals surface area contributed by atoms with Crippen molar-refractivity contribution in [3.63, 3.8) is 0 Å². The van der Waals surface area contributed by atoms with E-state index in [-0.39, 0.29) is 0 Å². The van der Waals surface area contributed by atoms with Gasteiger partial charge in [-0.1, -0.05) is 12.1 Å². The van der Waals surface area contributed by atoms with Crippen molar-refractivity contribution in [2.75, 3.05) is 11.9 Å². The lowest BCUT2D eigenvalue weighted by molar-refractivity contribution is 0.689. The Morgan fingerprint density at radius 1 is 1.32 bits per heavy atom. The first-order valence-corrected chi connectivity index (χ1v) is 8.28. The van der Waals surface area contributed by atoms with Crippen LogP contribution in [0.1, 0.15) is 22.4 Å². The maximum Gasteiger partial charge on any atom is 0.0375 e. The Bertz CT molecular complexity index is 565. The molecule has 1 aliphatic heterocycles. The van der Waals surface area contributed by atoms with Crippen molar-refractivity contribution in [2.45, 2.75) is 25.9 Å². The van der Waals surface area contributed by atoms with E-state index < -0.39 is 0 Å². The molecule has 2 nitrogen and oxygen atoms in total. The SMILES string of the molecule is Brc1csc(CNCc2cccc3c2CCCN3)c1. The third kappa shape index (κ3) is 3.19. The highest BCUT2D eigenvalue weighted by Crippen LogP contribution is 2.25. The quantitative estimate of drug-likeness (QED) is 0.875. The Labute approximate surface area is 126 Å². The molecule has 0 fully saturated rings. The lowest BCUT2D eigenvalue weighted by atomic mass is 9.97. The van der Waals surface area contributed by atoms with E-state index in [1.54, 1.807) is 11.3 Å². The van der Waals surface area contributed by atoms with Gasteiger partial charge in [-0.3, -0.25) is 0 Å². The van der Waals surface area contributed by atoms with Crippen LogP contribution in [0, 0.1) is 0 Å². The lowest BCUT2D eigenvalue weighted by Gasteiger charge is -2.21. The second kappa shape index (κ2) is 6.07. The maximum atomic E-state index is 3.54. The summed E-state index contributed by atoms with van der Waals surface area (Å²) >= 11 is 5.28. The van der Waals surface area contributed by atoms with Gasteiger partial charge in [-0.25, -0.2) is 0 Å². The van der Waals surface area contributed by atoms with Crippen LogP contribution < -0.4 is 10.6 Å². The Morgan fingerprint density at radius 3 is 3.11 bits per heavy atom. The third-order valence-electron chi connectivity index (χ3n) is 3.43. The Balaban J connectivity index is 1.64. The van der Waals surface area contributed by atoms with E-state index >= 15 is 0 Å². The number of thiophene rings is 1. The topological polar surface area (TPSA) is 24.1 Å². The number of benzene rings is 1. The minimum atomic E-state index is 0.938. The van der Waals surface area contributed by atoms with Gasteiger partial charge in [-0.2, -0.15) is 0 Å². The highest BCUT2D eigenvalue weighted by atomic mass is 79.9. The molecule has 3 rings (SSSR count). The van der Waals surface area contributed by atoms with Gasteiger partial charge in [0.25, 0.3) is 0 Å². The second-order valence-electron chi connectivity index (χ2n) is 4.81. The van der Waals surface area contributed by atoms with Crippen molar-refractivity contribution >= 4 is 33.0 Å². The molecular weight excluding hydrogens is 320 g/mol. The average Bonchev–Trinajstić information content (AvgIpc) is 2.85. The van der Waals surface area contributed by atoms with Crippen molar-refractivity contribution in [1.29, 1.82) is 0 Å². The van der Waals surface area contributed by atoms with Gasteiger partial charge < -0.3 is 10.6 Å². The molecular formula is C15H17BrN2S. The summed E-state index contributed by atoms with van der Waals surface area (Å²) in [6.07, 6.45) is 2.44. The van der Waals surface area contributed by atoms with Crippen LogP contribution in [0.25, 0.3) is 0 Å². The first kappa shape index (κ1) is 13.2.